The minimum absolute atomic E-state index is 0.0150. The third-order valence-electron chi connectivity index (χ3n) is 6.02. The molecule has 0 atom stereocenters. The molecule has 2 rings (SSSR count). The summed E-state index contributed by atoms with van der Waals surface area (Å²) in [7, 11) is 1.39. The maximum atomic E-state index is 14.1. The summed E-state index contributed by atoms with van der Waals surface area (Å²) in [6.07, 6.45) is 2.26. The van der Waals surface area contributed by atoms with Crippen molar-refractivity contribution in [1.82, 2.24) is 0 Å². The van der Waals surface area contributed by atoms with Crippen LogP contribution in [0, 0.1) is 0 Å². The van der Waals surface area contributed by atoms with Crippen LogP contribution < -0.4 is 4.74 Å². The number of carbonyl (C=O) groups excluding carboxylic acids is 1. The molecule has 1 aromatic rings. The van der Waals surface area contributed by atoms with E-state index in [1.54, 1.807) is 26.0 Å². The molecule has 0 aliphatic heterocycles. The second-order valence-electron chi connectivity index (χ2n) is 9.44. The number of ether oxygens (including phenoxy) is 2. The lowest BCUT2D eigenvalue weighted by atomic mass is 9.62. The van der Waals surface area contributed by atoms with Crippen LogP contribution in [0.3, 0.4) is 0 Å². The summed E-state index contributed by atoms with van der Waals surface area (Å²) in [5, 5.41) is 0. The SMILES string of the molecule is CCOC(=O)C=C(C)C=CC=C(c1cc2c(cc1OC)C(C)(C)CCC2(C)C)C(F)(F)F. The van der Waals surface area contributed by atoms with Gasteiger partial charge in [0.25, 0.3) is 0 Å². The minimum Gasteiger partial charge on any atom is -0.496 e. The number of methoxy groups -OCH3 is 1. The monoisotopic (exact) mass is 450 g/mol. The van der Waals surface area contributed by atoms with Crippen molar-refractivity contribution in [3.8, 4) is 5.75 Å². The quantitative estimate of drug-likeness (QED) is 0.264. The molecule has 1 aliphatic carbocycles. The number of esters is 1. The molecule has 32 heavy (non-hydrogen) atoms. The number of benzene rings is 1. The van der Waals surface area contributed by atoms with Crippen molar-refractivity contribution in [3.05, 3.63) is 58.7 Å². The number of alkyl halides is 3. The summed E-state index contributed by atoms with van der Waals surface area (Å²) in [6, 6.07) is 3.41. The molecule has 0 unspecified atom stereocenters. The highest BCUT2D eigenvalue weighted by molar-refractivity contribution is 5.83. The Kier molecular flexibility index (Phi) is 7.69. The number of allylic oxidation sites excluding steroid dienone is 5. The van der Waals surface area contributed by atoms with E-state index >= 15 is 0 Å². The van der Waals surface area contributed by atoms with Crippen molar-refractivity contribution >= 4 is 11.5 Å². The first-order chi connectivity index (χ1) is 14.7. The van der Waals surface area contributed by atoms with Crippen LogP contribution in [0.25, 0.3) is 5.57 Å². The van der Waals surface area contributed by atoms with E-state index in [4.69, 9.17) is 9.47 Å². The van der Waals surface area contributed by atoms with Gasteiger partial charge in [0.05, 0.1) is 19.3 Å². The van der Waals surface area contributed by atoms with Gasteiger partial charge in [0, 0.05) is 11.6 Å². The van der Waals surface area contributed by atoms with E-state index in [-0.39, 0.29) is 28.7 Å². The lowest BCUT2D eigenvalue weighted by Gasteiger charge is -2.42. The van der Waals surface area contributed by atoms with Crippen LogP contribution in [-0.2, 0) is 20.4 Å². The third-order valence-corrected chi connectivity index (χ3v) is 6.02. The Bertz CT molecular complexity index is 948. The number of halogens is 3. The summed E-state index contributed by atoms with van der Waals surface area (Å²) in [6.45, 7) is 11.9. The van der Waals surface area contributed by atoms with E-state index in [0.29, 0.717) is 5.57 Å². The van der Waals surface area contributed by atoms with Crippen molar-refractivity contribution in [2.24, 2.45) is 0 Å². The van der Waals surface area contributed by atoms with Crippen LogP contribution >= 0.6 is 0 Å². The van der Waals surface area contributed by atoms with Gasteiger partial charge in [-0.3, -0.25) is 0 Å². The Morgan fingerprint density at radius 1 is 1.09 bits per heavy atom. The molecule has 176 valence electrons. The van der Waals surface area contributed by atoms with Crippen LogP contribution in [0.5, 0.6) is 5.75 Å². The van der Waals surface area contributed by atoms with Gasteiger partial charge in [-0.25, -0.2) is 4.79 Å². The molecule has 1 aromatic carbocycles. The van der Waals surface area contributed by atoms with E-state index in [1.165, 1.54) is 25.3 Å². The van der Waals surface area contributed by atoms with Crippen molar-refractivity contribution in [2.75, 3.05) is 13.7 Å². The molecule has 0 fully saturated rings. The Labute approximate surface area is 189 Å². The number of fused-ring (bicyclic) bond motifs is 1. The van der Waals surface area contributed by atoms with Gasteiger partial charge < -0.3 is 9.47 Å². The summed E-state index contributed by atoms with van der Waals surface area (Å²) in [5.41, 5.74) is 1.27. The van der Waals surface area contributed by atoms with Gasteiger partial charge in [-0.05, 0) is 72.4 Å². The second-order valence-corrected chi connectivity index (χ2v) is 9.44. The number of carbonyl (C=O) groups is 1. The molecule has 0 saturated carbocycles. The molecular formula is C26H33F3O3. The van der Waals surface area contributed by atoms with E-state index < -0.39 is 17.7 Å². The molecule has 6 heteroatoms. The number of hydrogen-bond acceptors (Lipinski definition) is 3. The smallest absolute Gasteiger partial charge is 0.417 e. The fourth-order valence-electron chi connectivity index (χ4n) is 4.02. The van der Waals surface area contributed by atoms with Crippen molar-refractivity contribution < 1.29 is 27.4 Å². The highest BCUT2D eigenvalue weighted by atomic mass is 19.4. The van der Waals surface area contributed by atoms with Crippen LogP contribution in [0.1, 0.15) is 71.1 Å². The molecule has 0 heterocycles. The van der Waals surface area contributed by atoms with Gasteiger partial charge in [-0.1, -0.05) is 39.8 Å². The normalized spacial score (nSPS) is 18.4. The van der Waals surface area contributed by atoms with Crippen molar-refractivity contribution in [1.29, 1.82) is 0 Å². The second kappa shape index (κ2) is 9.55. The largest absolute Gasteiger partial charge is 0.496 e. The average molecular weight is 451 g/mol. The van der Waals surface area contributed by atoms with E-state index in [2.05, 4.69) is 27.7 Å². The molecule has 0 spiro atoms. The van der Waals surface area contributed by atoms with Gasteiger partial charge in [0.2, 0.25) is 0 Å². The average Bonchev–Trinajstić information content (AvgIpc) is 2.67. The van der Waals surface area contributed by atoms with Gasteiger partial charge in [-0.2, -0.15) is 13.2 Å². The molecule has 3 nitrogen and oxygen atoms in total. The molecular weight excluding hydrogens is 417 g/mol. The maximum absolute atomic E-state index is 14.1. The summed E-state index contributed by atoms with van der Waals surface area (Å²) in [4.78, 5) is 11.5. The van der Waals surface area contributed by atoms with E-state index in [9.17, 15) is 18.0 Å². The van der Waals surface area contributed by atoms with Crippen LogP contribution in [0.4, 0.5) is 13.2 Å². The number of rotatable bonds is 6. The van der Waals surface area contributed by atoms with Gasteiger partial charge in [0.1, 0.15) is 5.75 Å². The van der Waals surface area contributed by atoms with E-state index in [0.717, 1.165) is 30.0 Å². The van der Waals surface area contributed by atoms with Crippen LogP contribution in [0.15, 0.2) is 42.0 Å². The standard InChI is InChI=1S/C26H33F3O3/c1-8-32-23(30)14-17(2)10-9-11-19(26(27,28)29)18-15-20-21(16-22(18)31-7)25(5,6)13-12-24(20,3)4/h9-11,14-16H,8,12-13H2,1-7H3. The predicted octanol–water partition coefficient (Wildman–Crippen LogP) is 7.06. The van der Waals surface area contributed by atoms with Gasteiger partial charge in [0.15, 0.2) is 0 Å². The summed E-state index contributed by atoms with van der Waals surface area (Å²) >= 11 is 0. The molecule has 0 radical (unpaired) electrons. The molecule has 0 amide bonds. The Morgan fingerprint density at radius 2 is 1.66 bits per heavy atom. The highest BCUT2D eigenvalue weighted by Gasteiger charge is 2.41. The zero-order valence-corrected chi connectivity index (χ0v) is 19.9. The zero-order valence-electron chi connectivity index (χ0n) is 19.9. The minimum atomic E-state index is -4.58. The maximum Gasteiger partial charge on any atom is 0.417 e. The summed E-state index contributed by atoms with van der Waals surface area (Å²) < 4.78 is 52.5. The van der Waals surface area contributed by atoms with Gasteiger partial charge in [-0.15, -0.1) is 0 Å². The molecule has 1 aliphatic rings. The van der Waals surface area contributed by atoms with Crippen LogP contribution in [-0.4, -0.2) is 25.9 Å². The third kappa shape index (κ3) is 5.84. The Morgan fingerprint density at radius 3 is 2.16 bits per heavy atom. The Hall–Kier alpha value is -2.50. The first-order valence-electron chi connectivity index (χ1n) is 10.8. The first kappa shape index (κ1) is 25.8. The van der Waals surface area contributed by atoms with E-state index in [1.807, 2.05) is 0 Å². The van der Waals surface area contributed by atoms with Gasteiger partial charge >= 0.3 is 12.1 Å². The first-order valence-corrected chi connectivity index (χ1v) is 10.8. The molecule has 0 aromatic heterocycles. The van der Waals surface area contributed by atoms with Crippen LogP contribution in [0.2, 0.25) is 0 Å². The fourth-order valence-corrected chi connectivity index (χ4v) is 4.02. The number of hydrogen-bond donors (Lipinski definition) is 0. The zero-order chi connectivity index (χ0) is 24.3. The van der Waals surface area contributed by atoms with Crippen molar-refractivity contribution in [2.45, 2.75) is 71.4 Å². The summed E-state index contributed by atoms with van der Waals surface area (Å²) in [5.74, 6) is -0.332. The molecule has 0 saturated heterocycles. The van der Waals surface area contributed by atoms with Crippen molar-refractivity contribution in [3.63, 3.8) is 0 Å². The fraction of sp³-hybridized carbons (Fsp3) is 0.500. The predicted molar refractivity (Wildman–Crippen MR) is 122 cm³/mol. The Balaban J connectivity index is 2.61. The molecule has 0 N–H and O–H groups in total. The topological polar surface area (TPSA) is 35.5 Å². The molecule has 0 bridgehead atoms. The highest BCUT2D eigenvalue weighted by Crippen LogP contribution is 2.49. The lowest BCUT2D eigenvalue weighted by Crippen LogP contribution is -2.34. The lowest BCUT2D eigenvalue weighted by molar-refractivity contribution is -0.137.